The van der Waals surface area contributed by atoms with E-state index in [1.54, 1.807) is 54.3 Å². The minimum atomic E-state index is -4.17. The van der Waals surface area contributed by atoms with E-state index in [4.69, 9.17) is 9.47 Å². The molecule has 1 amide bonds. The summed E-state index contributed by atoms with van der Waals surface area (Å²) < 4.78 is 40.8. The van der Waals surface area contributed by atoms with Crippen molar-refractivity contribution in [2.24, 2.45) is 0 Å². The number of rotatable bonds is 7. The van der Waals surface area contributed by atoms with Gasteiger partial charge in [0.05, 0.1) is 19.9 Å². The van der Waals surface area contributed by atoms with E-state index in [1.807, 2.05) is 25.1 Å². The highest BCUT2D eigenvalue weighted by molar-refractivity contribution is 9.10. The fraction of sp³-hybridized carbons (Fsp3) is 0.269. The number of fused-ring (bicyclic) bond motifs is 1. The Kier molecular flexibility index (Phi) is 7.10. The second-order valence-corrected chi connectivity index (χ2v) is 11.2. The van der Waals surface area contributed by atoms with Crippen LogP contribution in [0.1, 0.15) is 18.1 Å². The van der Waals surface area contributed by atoms with E-state index >= 15 is 0 Å². The van der Waals surface area contributed by atoms with Gasteiger partial charge in [-0.3, -0.25) is 9.10 Å². The van der Waals surface area contributed by atoms with Crippen molar-refractivity contribution >= 4 is 43.2 Å². The highest BCUT2D eigenvalue weighted by Crippen LogP contribution is 2.36. The molecule has 0 saturated carbocycles. The lowest BCUT2D eigenvalue weighted by Gasteiger charge is -2.29. The van der Waals surface area contributed by atoms with Gasteiger partial charge in [-0.2, -0.15) is 0 Å². The number of benzene rings is 3. The van der Waals surface area contributed by atoms with Crippen LogP contribution in [-0.4, -0.2) is 41.1 Å². The summed E-state index contributed by atoms with van der Waals surface area (Å²) in [6.45, 7) is 3.38. The van der Waals surface area contributed by atoms with Gasteiger partial charge in [-0.05, 0) is 73.9 Å². The van der Waals surface area contributed by atoms with Crippen LogP contribution in [-0.2, 0) is 21.2 Å². The maximum Gasteiger partial charge on any atom is 0.268 e. The lowest BCUT2D eigenvalue weighted by molar-refractivity contribution is -0.117. The molecule has 1 aliphatic rings. The van der Waals surface area contributed by atoms with E-state index in [0.717, 1.165) is 25.6 Å². The van der Waals surface area contributed by atoms with Gasteiger partial charge >= 0.3 is 0 Å². The number of halogens is 1. The van der Waals surface area contributed by atoms with E-state index in [0.29, 0.717) is 17.9 Å². The van der Waals surface area contributed by atoms with Crippen LogP contribution in [0.5, 0.6) is 11.5 Å². The number of nitrogens with zero attached hydrogens (tertiary/aromatic N) is 2. The second-order valence-electron chi connectivity index (χ2n) is 8.46. The molecule has 0 aliphatic carbocycles. The number of carbonyl (C=O) groups excluding carboxylic acids is 1. The molecule has 0 N–H and O–H groups in total. The minimum absolute atomic E-state index is 0.00517. The van der Waals surface area contributed by atoms with Gasteiger partial charge in [0.25, 0.3) is 10.0 Å². The summed E-state index contributed by atoms with van der Waals surface area (Å²) in [5.41, 5.74) is 2.91. The summed E-state index contributed by atoms with van der Waals surface area (Å²) >= 11 is 3.48. The molecule has 0 spiro atoms. The van der Waals surface area contributed by atoms with E-state index in [1.165, 1.54) is 14.2 Å². The van der Waals surface area contributed by atoms with Crippen LogP contribution >= 0.6 is 15.9 Å². The zero-order valence-electron chi connectivity index (χ0n) is 20.0. The van der Waals surface area contributed by atoms with E-state index in [9.17, 15) is 13.2 Å². The standard InChI is InChI=1S/C26H27BrN2O5S/c1-17-8-11-24(34-4)25(12-17)35(31,32)28(21-6-5-7-22(15-21)33-3)16-26(30)29-18(2)13-19-14-20(27)9-10-23(19)29/h5-12,14-15,18H,13,16H2,1-4H3/t18-/m1/s1. The first-order valence-electron chi connectivity index (χ1n) is 11.1. The van der Waals surface area contributed by atoms with Crippen molar-refractivity contribution in [2.75, 3.05) is 30.0 Å². The third-order valence-corrected chi connectivity index (χ3v) is 8.32. The maximum atomic E-state index is 14.0. The Morgan fingerprint density at radius 2 is 1.86 bits per heavy atom. The van der Waals surface area contributed by atoms with Crippen molar-refractivity contribution in [1.29, 1.82) is 0 Å². The number of anilines is 2. The highest BCUT2D eigenvalue weighted by atomic mass is 79.9. The maximum absolute atomic E-state index is 14.0. The van der Waals surface area contributed by atoms with Gasteiger partial charge in [0.15, 0.2) is 0 Å². The number of methoxy groups -OCH3 is 2. The topological polar surface area (TPSA) is 76.2 Å². The van der Waals surface area contributed by atoms with Gasteiger partial charge in [0, 0.05) is 22.3 Å². The fourth-order valence-electron chi connectivity index (χ4n) is 4.36. The molecule has 35 heavy (non-hydrogen) atoms. The first kappa shape index (κ1) is 25.1. The summed E-state index contributed by atoms with van der Waals surface area (Å²) in [5.74, 6) is 0.369. The van der Waals surface area contributed by atoms with Crippen LogP contribution in [0.2, 0.25) is 0 Å². The molecule has 0 saturated heterocycles. The van der Waals surface area contributed by atoms with Crippen molar-refractivity contribution in [3.63, 3.8) is 0 Å². The molecule has 3 aromatic rings. The molecule has 1 heterocycles. The number of hydrogen-bond donors (Lipinski definition) is 0. The smallest absolute Gasteiger partial charge is 0.268 e. The fourth-order valence-corrected chi connectivity index (χ4v) is 6.42. The average molecular weight is 559 g/mol. The molecule has 4 rings (SSSR count). The number of carbonyl (C=O) groups is 1. The molecule has 7 nitrogen and oxygen atoms in total. The summed E-state index contributed by atoms with van der Waals surface area (Å²) in [6, 6.07) is 17.3. The zero-order valence-corrected chi connectivity index (χ0v) is 22.4. The van der Waals surface area contributed by atoms with Crippen LogP contribution in [0, 0.1) is 6.92 Å². The first-order valence-corrected chi connectivity index (χ1v) is 13.3. The van der Waals surface area contributed by atoms with E-state index in [-0.39, 0.29) is 29.1 Å². The summed E-state index contributed by atoms with van der Waals surface area (Å²) in [5, 5.41) is 0. The lowest BCUT2D eigenvalue weighted by atomic mass is 10.1. The van der Waals surface area contributed by atoms with Gasteiger partial charge in [0.1, 0.15) is 22.9 Å². The second kappa shape index (κ2) is 9.91. The third kappa shape index (κ3) is 4.88. The Morgan fingerprint density at radius 1 is 1.09 bits per heavy atom. The first-order chi connectivity index (χ1) is 16.6. The quantitative estimate of drug-likeness (QED) is 0.410. The Morgan fingerprint density at radius 3 is 2.57 bits per heavy atom. The predicted molar refractivity (Wildman–Crippen MR) is 140 cm³/mol. The number of amides is 1. The molecule has 184 valence electrons. The Hall–Kier alpha value is -3.04. The van der Waals surface area contributed by atoms with E-state index in [2.05, 4.69) is 15.9 Å². The Labute approximate surface area is 214 Å². The van der Waals surface area contributed by atoms with Crippen molar-refractivity contribution < 1.29 is 22.7 Å². The summed E-state index contributed by atoms with van der Waals surface area (Å²) in [7, 11) is -1.24. The molecular weight excluding hydrogens is 532 g/mol. The molecular formula is C26H27BrN2O5S. The average Bonchev–Trinajstić information content (AvgIpc) is 3.16. The predicted octanol–water partition coefficient (Wildman–Crippen LogP) is 4.95. The minimum Gasteiger partial charge on any atom is -0.497 e. The molecule has 3 aromatic carbocycles. The van der Waals surface area contributed by atoms with E-state index < -0.39 is 10.0 Å². The van der Waals surface area contributed by atoms with Crippen molar-refractivity contribution in [3.05, 3.63) is 76.3 Å². The Bertz CT molecular complexity index is 1380. The molecule has 0 fully saturated rings. The SMILES string of the molecule is COc1cccc(N(CC(=O)N2c3ccc(Br)cc3C[C@H]2C)S(=O)(=O)c2cc(C)ccc2OC)c1. The van der Waals surface area contributed by atoms with Crippen molar-refractivity contribution in [3.8, 4) is 11.5 Å². The molecule has 0 unspecified atom stereocenters. The molecule has 0 bridgehead atoms. The number of hydrogen-bond acceptors (Lipinski definition) is 5. The lowest BCUT2D eigenvalue weighted by Crippen LogP contribution is -2.45. The number of sulfonamides is 1. The molecule has 9 heteroatoms. The van der Waals surface area contributed by atoms with Crippen molar-refractivity contribution in [1.82, 2.24) is 0 Å². The van der Waals surface area contributed by atoms with Gasteiger partial charge in [-0.15, -0.1) is 0 Å². The van der Waals surface area contributed by atoms with Gasteiger partial charge in [-0.25, -0.2) is 8.42 Å². The van der Waals surface area contributed by atoms with Gasteiger partial charge < -0.3 is 14.4 Å². The Balaban J connectivity index is 1.79. The molecule has 1 atom stereocenters. The highest BCUT2D eigenvalue weighted by Gasteiger charge is 2.36. The largest absolute Gasteiger partial charge is 0.497 e. The summed E-state index contributed by atoms with van der Waals surface area (Å²) in [6.07, 6.45) is 0.693. The number of aryl methyl sites for hydroxylation is 1. The van der Waals surface area contributed by atoms with Crippen LogP contribution < -0.4 is 18.7 Å². The molecule has 0 aromatic heterocycles. The normalized spacial score (nSPS) is 15.0. The molecule has 0 radical (unpaired) electrons. The zero-order chi connectivity index (χ0) is 25.3. The number of ether oxygens (including phenoxy) is 2. The van der Waals surface area contributed by atoms with Crippen LogP contribution in [0.25, 0.3) is 0 Å². The summed E-state index contributed by atoms with van der Waals surface area (Å²) in [4.78, 5) is 15.4. The van der Waals surface area contributed by atoms with Crippen LogP contribution in [0.4, 0.5) is 11.4 Å². The van der Waals surface area contributed by atoms with Crippen molar-refractivity contribution in [2.45, 2.75) is 31.2 Å². The van der Waals surface area contributed by atoms with Crippen LogP contribution in [0.3, 0.4) is 0 Å². The van der Waals surface area contributed by atoms with Gasteiger partial charge in [0.2, 0.25) is 5.91 Å². The van der Waals surface area contributed by atoms with Crippen LogP contribution in [0.15, 0.2) is 70.0 Å². The third-order valence-electron chi connectivity index (χ3n) is 6.03. The molecule has 1 aliphatic heterocycles. The monoisotopic (exact) mass is 558 g/mol. The van der Waals surface area contributed by atoms with Gasteiger partial charge in [-0.1, -0.05) is 28.1 Å².